The molecule has 0 aliphatic rings. The van der Waals surface area contributed by atoms with Crippen molar-refractivity contribution in [2.45, 2.75) is 32.7 Å². The molecule has 0 spiro atoms. The Morgan fingerprint density at radius 2 is 1.76 bits per heavy atom. The Morgan fingerprint density at radius 1 is 1.03 bits per heavy atom. The summed E-state index contributed by atoms with van der Waals surface area (Å²) >= 11 is 0. The summed E-state index contributed by atoms with van der Waals surface area (Å²) in [5.74, 6) is 0.0527. The van der Waals surface area contributed by atoms with E-state index in [1.165, 1.54) is 0 Å². The van der Waals surface area contributed by atoms with Gasteiger partial charge in [0, 0.05) is 11.9 Å². The molecule has 3 aromatic carbocycles. The second-order valence-electron chi connectivity index (χ2n) is 8.20. The first kappa shape index (κ1) is 24.8. The highest BCUT2D eigenvalue weighted by molar-refractivity contribution is 5.94. The van der Waals surface area contributed by atoms with E-state index in [1.807, 2.05) is 72.8 Å². The van der Waals surface area contributed by atoms with Crippen LogP contribution in [0.3, 0.4) is 0 Å². The third-order valence-electron chi connectivity index (χ3n) is 5.69. The number of unbranched alkanes of at least 4 members (excludes halogenated alkanes) is 1. The predicted octanol–water partition coefficient (Wildman–Crippen LogP) is 5.36. The summed E-state index contributed by atoms with van der Waals surface area (Å²) < 4.78 is 11.2. The van der Waals surface area contributed by atoms with E-state index in [1.54, 1.807) is 14.0 Å². The van der Waals surface area contributed by atoms with Crippen LogP contribution < -0.4 is 14.8 Å². The monoisotopic (exact) mass is 461 g/mol. The second kappa shape index (κ2) is 12.4. The van der Waals surface area contributed by atoms with Gasteiger partial charge in [-0.15, -0.1) is 0 Å². The number of hydrogen-bond acceptors (Lipinski definition) is 4. The van der Waals surface area contributed by atoms with Crippen molar-refractivity contribution in [3.63, 3.8) is 0 Å². The van der Waals surface area contributed by atoms with E-state index in [0.717, 1.165) is 22.1 Å². The van der Waals surface area contributed by atoms with Crippen LogP contribution in [-0.2, 0) is 16.1 Å². The number of carboxylic acid groups (broad SMARTS) is 1. The van der Waals surface area contributed by atoms with Gasteiger partial charge in [0.15, 0.2) is 0 Å². The first-order valence-corrected chi connectivity index (χ1v) is 11.4. The molecule has 0 heterocycles. The zero-order valence-electron chi connectivity index (χ0n) is 19.6. The van der Waals surface area contributed by atoms with E-state index in [0.29, 0.717) is 37.1 Å². The topological polar surface area (TPSA) is 84.9 Å². The van der Waals surface area contributed by atoms with Gasteiger partial charge in [-0.25, -0.2) is 0 Å². The van der Waals surface area contributed by atoms with Crippen LogP contribution in [0.4, 0.5) is 0 Å². The van der Waals surface area contributed by atoms with Gasteiger partial charge < -0.3 is 19.9 Å². The Bertz CT molecular complexity index is 1130. The predicted molar refractivity (Wildman–Crippen MR) is 133 cm³/mol. The summed E-state index contributed by atoms with van der Waals surface area (Å²) in [5, 5.41) is 14.1. The van der Waals surface area contributed by atoms with Crippen molar-refractivity contribution < 1.29 is 24.2 Å². The molecule has 0 fully saturated rings. The zero-order valence-corrected chi connectivity index (χ0v) is 19.6. The van der Waals surface area contributed by atoms with Gasteiger partial charge >= 0.3 is 5.97 Å². The van der Waals surface area contributed by atoms with Gasteiger partial charge in [0.05, 0.1) is 18.6 Å². The summed E-state index contributed by atoms with van der Waals surface area (Å²) in [7, 11) is 1.61. The number of carbonyl (C=O) groups is 2. The molecule has 1 amide bonds. The molecule has 6 nitrogen and oxygen atoms in total. The number of carbonyl (C=O) groups excluding carboxylic acids is 1. The maximum absolute atomic E-state index is 13.0. The van der Waals surface area contributed by atoms with Crippen LogP contribution in [0.1, 0.15) is 31.7 Å². The Labute approximate surface area is 200 Å². The molecule has 3 rings (SSSR count). The van der Waals surface area contributed by atoms with Gasteiger partial charge in [0.25, 0.3) is 5.91 Å². The largest absolute Gasteiger partial charge is 0.497 e. The minimum Gasteiger partial charge on any atom is -0.497 e. The number of rotatable bonds is 12. The number of nitrogens with one attached hydrogen (secondary N) is 1. The Morgan fingerprint density at radius 3 is 2.50 bits per heavy atom. The van der Waals surface area contributed by atoms with Gasteiger partial charge in [0.2, 0.25) is 0 Å². The maximum Gasteiger partial charge on any atom is 0.306 e. The number of hydrogen-bond donors (Lipinski definition) is 2. The number of amides is 1. The minimum atomic E-state index is -0.805. The highest BCUT2D eigenvalue weighted by atomic mass is 16.5. The van der Waals surface area contributed by atoms with Crippen LogP contribution in [0.5, 0.6) is 11.5 Å². The summed E-state index contributed by atoms with van der Waals surface area (Å²) in [4.78, 5) is 24.0. The standard InChI is InChI=1S/C28H31NO5/c1-20(28(31)32)8-3-4-10-23(27(30)29-18-21-14-16-24(33-2)17-15-21)19-34-26-13-7-11-22-9-5-6-12-25(22)26/h5-7,9-17,20H,3-4,8,18-19H2,1-2H3,(H,29,30)(H,31,32). The number of benzene rings is 3. The maximum atomic E-state index is 13.0. The van der Waals surface area contributed by atoms with Crippen LogP contribution in [-0.4, -0.2) is 30.7 Å². The zero-order chi connectivity index (χ0) is 24.3. The van der Waals surface area contributed by atoms with Crippen molar-refractivity contribution in [1.29, 1.82) is 0 Å². The summed E-state index contributed by atoms with van der Waals surface area (Å²) in [6.07, 6.45) is 3.68. The molecule has 6 heteroatoms. The highest BCUT2D eigenvalue weighted by Gasteiger charge is 2.13. The average molecular weight is 462 g/mol. The molecule has 0 saturated carbocycles. The van der Waals surface area contributed by atoms with E-state index < -0.39 is 11.9 Å². The third-order valence-corrected chi connectivity index (χ3v) is 5.69. The van der Waals surface area contributed by atoms with Gasteiger partial charge in [0.1, 0.15) is 18.1 Å². The van der Waals surface area contributed by atoms with E-state index in [2.05, 4.69) is 5.32 Å². The fourth-order valence-electron chi connectivity index (χ4n) is 3.56. The molecule has 0 saturated heterocycles. The molecule has 0 bridgehead atoms. The van der Waals surface area contributed by atoms with Gasteiger partial charge in [-0.3, -0.25) is 9.59 Å². The molecule has 1 atom stereocenters. The average Bonchev–Trinajstić information content (AvgIpc) is 2.86. The Balaban J connectivity index is 1.67. The number of aliphatic carboxylic acids is 1. The molecular weight excluding hydrogens is 430 g/mol. The van der Waals surface area contributed by atoms with Crippen LogP contribution in [0.2, 0.25) is 0 Å². The summed E-state index contributed by atoms with van der Waals surface area (Å²) in [5.41, 5.74) is 1.48. The highest BCUT2D eigenvalue weighted by Crippen LogP contribution is 2.25. The SMILES string of the molecule is COc1ccc(CNC(=O)C(=CCCCC(C)C(=O)O)COc2cccc3ccccc23)cc1. The van der Waals surface area contributed by atoms with Crippen molar-refractivity contribution in [1.82, 2.24) is 5.32 Å². The lowest BCUT2D eigenvalue weighted by molar-refractivity contribution is -0.141. The number of allylic oxidation sites excluding steroid dienone is 1. The normalized spacial score (nSPS) is 12.2. The van der Waals surface area contributed by atoms with E-state index in [-0.39, 0.29) is 12.5 Å². The Kier molecular flexibility index (Phi) is 9.09. The lowest BCUT2D eigenvalue weighted by Crippen LogP contribution is -2.27. The van der Waals surface area contributed by atoms with E-state index >= 15 is 0 Å². The smallest absolute Gasteiger partial charge is 0.306 e. The number of carboxylic acids is 1. The third kappa shape index (κ3) is 7.10. The fraction of sp³-hybridized carbons (Fsp3) is 0.286. The first-order chi connectivity index (χ1) is 16.5. The van der Waals surface area contributed by atoms with Crippen LogP contribution in [0.15, 0.2) is 78.4 Å². The molecule has 1 unspecified atom stereocenters. The van der Waals surface area contributed by atoms with Crippen LogP contribution in [0, 0.1) is 5.92 Å². The molecule has 0 aliphatic heterocycles. The van der Waals surface area contributed by atoms with Crippen molar-refractivity contribution in [3.05, 3.63) is 83.9 Å². The Hall–Kier alpha value is -3.80. The number of ether oxygens (including phenoxy) is 2. The molecular formula is C28H31NO5. The van der Waals surface area contributed by atoms with E-state index in [4.69, 9.17) is 14.6 Å². The molecule has 0 radical (unpaired) electrons. The molecule has 34 heavy (non-hydrogen) atoms. The summed E-state index contributed by atoms with van der Waals surface area (Å²) in [6, 6.07) is 21.3. The van der Waals surface area contributed by atoms with Crippen molar-refractivity contribution in [2.24, 2.45) is 5.92 Å². The lowest BCUT2D eigenvalue weighted by Gasteiger charge is -2.13. The van der Waals surface area contributed by atoms with Gasteiger partial charge in [-0.2, -0.15) is 0 Å². The minimum absolute atomic E-state index is 0.122. The molecule has 178 valence electrons. The quantitative estimate of drug-likeness (QED) is 0.280. The fourth-order valence-corrected chi connectivity index (χ4v) is 3.56. The number of methoxy groups -OCH3 is 1. The summed E-state index contributed by atoms with van der Waals surface area (Å²) in [6.45, 7) is 2.19. The number of fused-ring (bicyclic) bond motifs is 1. The molecule has 0 aliphatic carbocycles. The van der Waals surface area contributed by atoms with Gasteiger partial charge in [-0.1, -0.05) is 61.5 Å². The first-order valence-electron chi connectivity index (χ1n) is 11.4. The molecule has 2 N–H and O–H groups in total. The second-order valence-corrected chi connectivity index (χ2v) is 8.20. The van der Waals surface area contributed by atoms with Crippen molar-refractivity contribution >= 4 is 22.6 Å². The molecule has 0 aromatic heterocycles. The van der Waals surface area contributed by atoms with Crippen LogP contribution >= 0.6 is 0 Å². The van der Waals surface area contributed by atoms with Gasteiger partial charge in [-0.05, 0) is 48.4 Å². The van der Waals surface area contributed by atoms with Crippen molar-refractivity contribution in [3.8, 4) is 11.5 Å². The van der Waals surface area contributed by atoms with Crippen molar-refractivity contribution in [2.75, 3.05) is 13.7 Å². The molecule has 3 aromatic rings. The van der Waals surface area contributed by atoms with Crippen LogP contribution in [0.25, 0.3) is 10.8 Å². The van der Waals surface area contributed by atoms with E-state index in [9.17, 15) is 9.59 Å². The lowest BCUT2D eigenvalue weighted by atomic mass is 10.0.